The zero-order valence-corrected chi connectivity index (χ0v) is 12.1. The van der Waals surface area contributed by atoms with E-state index in [9.17, 15) is 9.18 Å². The maximum Gasteiger partial charge on any atom is 0.252 e. The van der Waals surface area contributed by atoms with Crippen LogP contribution < -0.4 is 11.1 Å². The van der Waals surface area contributed by atoms with Crippen LogP contribution in [0, 0.1) is 11.7 Å². The highest BCUT2D eigenvalue weighted by atomic mass is 79.9. The Morgan fingerprint density at radius 1 is 1.56 bits per heavy atom. The molecule has 1 aliphatic carbocycles. The predicted octanol–water partition coefficient (Wildman–Crippen LogP) is 2.48. The van der Waals surface area contributed by atoms with Gasteiger partial charge in [-0.25, -0.2) is 4.39 Å². The molecule has 1 atom stereocenters. The molecule has 1 aromatic carbocycles. The summed E-state index contributed by atoms with van der Waals surface area (Å²) in [4.78, 5) is 11.8. The summed E-state index contributed by atoms with van der Waals surface area (Å²) in [5, 5.41) is 2.73. The maximum atomic E-state index is 13.0. The third-order valence-electron chi connectivity index (χ3n) is 2.90. The van der Waals surface area contributed by atoms with E-state index in [0.29, 0.717) is 22.5 Å². The second-order valence-electron chi connectivity index (χ2n) is 4.34. The zero-order chi connectivity index (χ0) is 12.4. The Bertz CT molecular complexity index is 440. The van der Waals surface area contributed by atoms with E-state index < -0.39 is 5.82 Å². The van der Waals surface area contributed by atoms with Crippen LogP contribution in [-0.4, -0.2) is 18.5 Å². The maximum absolute atomic E-state index is 13.0. The zero-order valence-electron chi connectivity index (χ0n) is 9.66. The molecule has 1 saturated carbocycles. The van der Waals surface area contributed by atoms with Crippen molar-refractivity contribution in [1.29, 1.82) is 0 Å². The summed E-state index contributed by atoms with van der Waals surface area (Å²) in [5.41, 5.74) is 6.17. The first-order valence-corrected chi connectivity index (χ1v) is 6.36. The van der Waals surface area contributed by atoms with Crippen LogP contribution >= 0.6 is 28.3 Å². The Morgan fingerprint density at radius 2 is 2.22 bits per heavy atom. The summed E-state index contributed by atoms with van der Waals surface area (Å²) >= 11 is 3.22. The normalized spacial score (nSPS) is 15.7. The number of hydrogen-bond donors (Lipinski definition) is 2. The number of carbonyl (C=O) groups is 1. The standard InChI is InChI=1S/C12H14BrFN2O.ClH/c13-10-4-3-8(14)5-9(10)12(17)16-6-11(15)7-1-2-7;/h3-5,7,11H,1-2,6,15H2,(H,16,17);1H. The van der Waals surface area contributed by atoms with E-state index in [2.05, 4.69) is 21.2 Å². The van der Waals surface area contributed by atoms with Gasteiger partial charge in [-0.2, -0.15) is 0 Å². The van der Waals surface area contributed by atoms with Crippen molar-refractivity contribution >= 4 is 34.2 Å². The van der Waals surface area contributed by atoms with Gasteiger partial charge in [-0.3, -0.25) is 4.79 Å². The molecule has 1 aliphatic rings. The van der Waals surface area contributed by atoms with Crippen LogP contribution in [0.15, 0.2) is 22.7 Å². The van der Waals surface area contributed by atoms with Crippen molar-refractivity contribution in [3.8, 4) is 0 Å². The molecule has 0 saturated heterocycles. The first kappa shape index (κ1) is 15.4. The Morgan fingerprint density at radius 3 is 2.83 bits per heavy atom. The Labute approximate surface area is 120 Å². The number of nitrogens with one attached hydrogen (secondary N) is 1. The van der Waals surface area contributed by atoms with Crippen molar-refractivity contribution in [2.75, 3.05) is 6.54 Å². The topological polar surface area (TPSA) is 55.1 Å². The van der Waals surface area contributed by atoms with Gasteiger partial charge in [0.25, 0.3) is 5.91 Å². The molecule has 1 unspecified atom stereocenters. The minimum absolute atomic E-state index is 0. The van der Waals surface area contributed by atoms with Crippen molar-refractivity contribution < 1.29 is 9.18 Å². The van der Waals surface area contributed by atoms with Gasteiger partial charge in [-0.05, 0) is 52.9 Å². The fourth-order valence-corrected chi connectivity index (χ4v) is 2.10. The molecule has 1 aromatic rings. The van der Waals surface area contributed by atoms with E-state index in [1.165, 1.54) is 18.2 Å². The van der Waals surface area contributed by atoms with Crippen LogP contribution in [0.1, 0.15) is 23.2 Å². The van der Waals surface area contributed by atoms with Crippen LogP contribution in [0.3, 0.4) is 0 Å². The first-order valence-electron chi connectivity index (χ1n) is 5.57. The summed E-state index contributed by atoms with van der Waals surface area (Å²) in [6.45, 7) is 0.437. The first-order chi connectivity index (χ1) is 8.08. The molecule has 18 heavy (non-hydrogen) atoms. The lowest BCUT2D eigenvalue weighted by Crippen LogP contribution is -2.38. The number of benzene rings is 1. The monoisotopic (exact) mass is 336 g/mol. The van der Waals surface area contributed by atoms with Gasteiger partial charge in [-0.1, -0.05) is 0 Å². The molecule has 1 fully saturated rings. The molecule has 0 bridgehead atoms. The highest BCUT2D eigenvalue weighted by molar-refractivity contribution is 9.10. The number of amides is 1. The number of carbonyl (C=O) groups excluding carboxylic acids is 1. The van der Waals surface area contributed by atoms with Crippen LogP contribution in [0.2, 0.25) is 0 Å². The number of nitrogens with two attached hydrogens (primary N) is 1. The molecule has 3 nitrogen and oxygen atoms in total. The highest BCUT2D eigenvalue weighted by Crippen LogP contribution is 2.31. The van der Waals surface area contributed by atoms with Crippen LogP contribution in [0.4, 0.5) is 4.39 Å². The van der Waals surface area contributed by atoms with Gasteiger partial charge in [0.15, 0.2) is 0 Å². The molecular weight excluding hydrogens is 323 g/mol. The third-order valence-corrected chi connectivity index (χ3v) is 3.59. The fraction of sp³-hybridized carbons (Fsp3) is 0.417. The summed E-state index contributed by atoms with van der Waals surface area (Å²) < 4.78 is 13.6. The second kappa shape index (κ2) is 6.50. The summed E-state index contributed by atoms with van der Waals surface area (Å²) in [6, 6.07) is 4.04. The van der Waals surface area contributed by atoms with E-state index in [1.807, 2.05) is 0 Å². The lowest BCUT2D eigenvalue weighted by Gasteiger charge is -2.12. The Kier molecular flexibility index (Phi) is 5.56. The molecule has 100 valence electrons. The average molecular weight is 338 g/mol. The number of halogens is 3. The molecule has 0 heterocycles. The molecule has 1 amide bonds. The highest BCUT2D eigenvalue weighted by Gasteiger charge is 2.28. The largest absolute Gasteiger partial charge is 0.350 e. The second-order valence-corrected chi connectivity index (χ2v) is 5.19. The van der Waals surface area contributed by atoms with E-state index in [-0.39, 0.29) is 24.4 Å². The molecule has 6 heteroatoms. The van der Waals surface area contributed by atoms with Crippen molar-refractivity contribution in [1.82, 2.24) is 5.32 Å². The van der Waals surface area contributed by atoms with E-state index in [0.717, 1.165) is 12.8 Å². The van der Waals surface area contributed by atoms with Gasteiger partial charge >= 0.3 is 0 Å². The van der Waals surface area contributed by atoms with Crippen molar-refractivity contribution in [3.05, 3.63) is 34.1 Å². The SMILES string of the molecule is Cl.NC(CNC(=O)c1cc(F)ccc1Br)C1CC1. The quantitative estimate of drug-likeness (QED) is 0.887. The Balaban J connectivity index is 0.00000162. The average Bonchev–Trinajstić information content (AvgIpc) is 3.12. The minimum Gasteiger partial charge on any atom is -0.350 e. The van der Waals surface area contributed by atoms with Crippen LogP contribution in [0.25, 0.3) is 0 Å². The van der Waals surface area contributed by atoms with Gasteiger partial charge in [0.1, 0.15) is 5.82 Å². The van der Waals surface area contributed by atoms with Gasteiger partial charge in [0.05, 0.1) is 5.56 Å². The number of rotatable bonds is 4. The minimum atomic E-state index is -0.426. The molecule has 3 N–H and O–H groups in total. The van der Waals surface area contributed by atoms with Crippen LogP contribution in [0.5, 0.6) is 0 Å². The smallest absolute Gasteiger partial charge is 0.252 e. The third kappa shape index (κ3) is 3.93. The van der Waals surface area contributed by atoms with E-state index >= 15 is 0 Å². The van der Waals surface area contributed by atoms with Crippen LogP contribution in [-0.2, 0) is 0 Å². The van der Waals surface area contributed by atoms with E-state index in [1.54, 1.807) is 0 Å². The fourth-order valence-electron chi connectivity index (χ4n) is 1.67. The lowest BCUT2D eigenvalue weighted by atomic mass is 10.1. The van der Waals surface area contributed by atoms with E-state index in [4.69, 9.17) is 5.73 Å². The van der Waals surface area contributed by atoms with Crippen molar-refractivity contribution in [2.45, 2.75) is 18.9 Å². The summed E-state index contributed by atoms with van der Waals surface area (Å²) in [7, 11) is 0. The molecule has 0 aliphatic heterocycles. The molecular formula is C12H15BrClFN2O. The molecule has 0 radical (unpaired) electrons. The molecule has 0 spiro atoms. The van der Waals surface area contributed by atoms with Crippen molar-refractivity contribution in [2.24, 2.45) is 11.7 Å². The predicted molar refractivity (Wildman–Crippen MR) is 74.4 cm³/mol. The van der Waals surface area contributed by atoms with Crippen molar-refractivity contribution in [3.63, 3.8) is 0 Å². The van der Waals surface area contributed by atoms with Gasteiger partial charge in [0, 0.05) is 17.1 Å². The van der Waals surface area contributed by atoms with Gasteiger partial charge in [0.2, 0.25) is 0 Å². The van der Waals surface area contributed by atoms with Gasteiger partial charge in [-0.15, -0.1) is 12.4 Å². The molecule has 0 aromatic heterocycles. The summed E-state index contributed by atoms with van der Waals surface area (Å²) in [6.07, 6.45) is 2.28. The summed E-state index contributed by atoms with van der Waals surface area (Å²) in [5.74, 6) is -0.191. The van der Waals surface area contributed by atoms with Gasteiger partial charge < -0.3 is 11.1 Å². The molecule has 2 rings (SSSR count). The lowest BCUT2D eigenvalue weighted by molar-refractivity contribution is 0.0949. The Hall–Kier alpha value is -0.650. The number of hydrogen-bond acceptors (Lipinski definition) is 2.